The molecule has 0 saturated heterocycles. The van der Waals surface area contributed by atoms with Gasteiger partial charge in [0.05, 0.1) is 13.2 Å². The number of hydrogen-bond donors (Lipinski definition) is 0. The highest BCUT2D eigenvalue weighted by Crippen LogP contribution is 2.62. The number of carbonyl (C=O) groups is 1. The summed E-state index contributed by atoms with van der Waals surface area (Å²) < 4.78 is 5.40. The molecule has 0 aromatic heterocycles. The molecule has 27 heavy (non-hydrogen) atoms. The molecule has 2 fully saturated rings. The number of benzene rings is 1. The Kier molecular flexibility index (Phi) is 5.14. The Balaban J connectivity index is 2.09. The number of fused-ring (bicyclic) bond motifs is 1. The first-order valence-corrected chi connectivity index (χ1v) is 10.2. The van der Waals surface area contributed by atoms with Gasteiger partial charge in [0, 0.05) is 17.4 Å². The van der Waals surface area contributed by atoms with E-state index in [1.165, 1.54) is 6.42 Å². The fourth-order valence-electron chi connectivity index (χ4n) is 6.32. The Morgan fingerprint density at radius 3 is 2.56 bits per heavy atom. The molecule has 0 spiro atoms. The van der Waals surface area contributed by atoms with Crippen LogP contribution in [-0.2, 0) is 0 Å². The van der Waals surface area contributed by atoms with Crippen molar-refractivity contribution in [2.45, 2.75) is 60.3 Å². The number of ketones is 1. The number of nitrogens with zero attached hydrogens (tertiary/aromatic N) is 1. The smallest absolute Gasteiger partial charge is 0.166 e. The van der Waals surface area contributed by atoms with Gasteiger partial charge in [0.25, 0.3) is 0 Å². The predicted octanol–water partition coefficient (Wildman–Crippen LogP) is 5.81. The number of rotatable bonds is 3. The molecule has 5 unspecified atom stereocenters. The monoisotopic (exact) mass is 367 g/mol. The molecule has 3 nitrogen and oxygen atoms in total. The number of Topliss-reactive ketones (excluding diaryl/α,β-unsaturated/α-hetero) is 1. The van der Waals surface area contributed by atoms with E-state index >= 15 is 0 Å². The van der Waals surface area contributed by atoms with Gasteiger partial charge in [0.15, 0.2) is 5.78 Å². The molecule has 3 heteroatoms. The van der Waals surface area contributed by atoms with Crippen molar-refractivity contribution in [2.75, 3.05) is 7.11 Å². The minimum absolute atomic E-state index is 0.0530. The van der Waals surface area contributed by atoms with E-state index in [9.17, 15) is 10.1 Å². The van der Waals surface area contributed by atoms with Crippen molar-refractivity contribution >= 4 is 5.78 Å². The number of methoxy groups -OCH3 is 1. The van der Waals surface area contributed by atoms with Gasteiger partial charge in [-0.25, -0.2) is 0 Å². The van der Waals surface area contributed by atoms with Crippen molar-refractivity contribution in [1.82, 2.24) is 0 Å². The first kappa shape index (κ1) is 19.9. The maximum absolute atomic E-state index is 13.8. The summed E-state index contributed by atoms with van der Waals surface area (Å²) in [6, 6.07) is 8.32. The number of hydrogen-bond acceptors (Lipinski definition) is 3. The Morgan fingerprint density at radius 1 is 1.22 bits per heavy atom. The second-order valence-corrected chi connectivity index (χ2v) is 9.81. The highest BCUT2D eigenvalue weighted by Gasteiger charge is 2.58. The lowest BCUT2D eigenvalue weighted by Gasteiger charge is -2.59. The summed E-state index contributed by atoms with van der Waals surface area (Å²) >= 11 is 0. The lowest BCUT2D eigenvalue weighted by Crippen LogP contribution is -2.55. The summed E-state index contributed by atoms with van der Waals surface area (Å²) in [6.07, 6.45) is 4.33. The molecule has 0 amide bonds. The van der Waals surface area contributed by atoms with Crippen molar-refractivity contribution in [3.63, 3.8) is 0 Å². The third kappa shape index (κ3) is 3.28. The zero-order valence-corrected chi connectivity index (χ0v) is 17.6. The van der Waals surface area contributed by atoms with E-state index in [2.05, 4.69) is 33.8 Å². The fourth-order valence-corrected chi connectivity index (χ4v) is 6.32. The molecule has 3 rings (SSSR count). The van der Waals surface area contributed by atoms with Crippen LogP contribution in [0.4, 0.5) is 0 Å². The van der Waals surface area contributed by atoms with Crippen molar-refractivity contribution in [2.24, 2.45) is 34.5 Å². The molecule has 1 aromatic rings. The molecule has 0 N–H and O–H groups in total. The van der Waals surface area contributed by atoms with Gasteiger partial charge in [0.1, 0.15) is 5.75 Å². The van der Waals surface area contributed by atoms with Gasteiger partial charge in [-0.1, -0.05) is 34.1 Å². The third-order valence-corrected chi connectivity index (χ3v) is 7.66. The molecule has 0 bridgehead atoms. The fraction of sp³-hybridized carbons (Fsp3) is 0.667. The van der Waals surface area contributed by atoms with Gasteiger partial charge >= 0.3 is 0 Å². The van der Waals surface area contributed by atoms with Crippen LogP contribution in [0.25, 0.3) is 0 Å². The predicted molar refractivity (Wildman–Crippen MR) is 108 cm³/mol. The van der Waals surface area contributed by atoms with E-state index in [1.54, 1.807) is 7.11 Å². The van der Waals surface area contributed by atoms with Crippen LogP contribution in [0.2, 0.25) is 0 Å². The maximum atomic E-state index is 13.8. The molecule has 2 aliphatic carbocycles. The molecule has 146 valence electrons. The quantitative estimate of drug-likeness (QED) is 0.633. The summed E-state index contributed by atoms with van der Waals surface area (Å²) in [5.41, 5.74) is 1.88. The first-order valence-electron chi connectivity index (χ1n) is 10.2. The average Bonchev–Trinajstić information content (AvgIpc) is 2.60. The van der Waals surface area contributed by atoms with Crippen molar-refractivity contribution in [3.8, 4) is 11.8 Å². The van der Waals surface area contributed by atoms with Gasteiger partial charge in [-0.15, -0.1) is 0 Å². The second kappa shape index (κ2) is 6.97. The minimum Gasteiger partial charge on any atom is -0.497 e. The molecular formula is C24H33NO2. The number of aryl methyl sites for hydroxylation is 1. The average molecular weight is 368 g/mol. The lowest BCUT2D eigenvalue weighted by molar-refractivity contribution is -0.0922. The van der Waals surface area contributed by atoms with E-state index in [0.717, 1.165) is 36.1 Å². The molecule has 1 aromatic carbocycles. The van der Waals surface area contributed by atoms with Crippen LogP contribution >= 0.6 is 0 Å². The van der Waals surface area contributed by atoms with Crippen LogP contribution < -0.4 is 4.74 Å². The summed E-state index contributed by atoms with van der Waals surface area (Å²) in [4.78, 5) is 13.8. The van der Waals surface area contributed by atoms with Gasteiger partial charge in [0.2, 0.25) is 0 Å². The molecule has 2 saturated carbocycles. The molecule has 0 aliphatic heterocycles. The number of ether oxygens (including phenoxy) is 1. The Labute approximate surface area is 164 Å². The molecular weight excluding hydrogens is 334 g/mol. The van der Waals surface area contributed by atoms with Crippen LogP contribution in [-0.4, -0.2) is 12.9 Å². The van der Waals surface area contributed by atoms with Crippen molar-refractivity contribution in [3.05, 3.63) is 29.3 Å². The standard InChI is InChI=1S/C24H33NO2/c1-15-10-17(12-19(11-15)27-6)22(26)21-16(2)18(14-25)13-20-23(3,4)8-7-9-24(20,21)5/h10-12,16,18,20-21H,7-9,13H2,1-6H3. The van der Waals surface area contributed by atoms with Crippen molar-refractivity contribution in [1.29, 1.82) is 5.26 Å². The Hall–Kier alpha value is -1.82. The van der Waals surface area contributed by atoms with Crippen molar-refractivity contribution < 1.29 is 9.53 Å². The normalized spacial score (nSPS) is 35.0. The number of nitriles is 1. The summed E-state index contributed by atoms with van der Waals surface area (Å²) in [6.45, 7) is 11.1. The first-order chi connectivity index (χ1) is 12.6. The Bertz CT molecular complexity index is 775. The van der Waals surface area contributed by atoms with E-state index < -0.39 is 0 Å². The molecule has 5 atom stereocenters. The SMILES string of the molecule is COc1cc(C)cc(C(=O)C2C(C)C(C#N)CC3C(C)(C)CCCC23C)c1. The molecule has 2 aliphatic rings. The van der Waals surface area contributed by atoms with E-state index in [1.807, 2.05) is 25.1 Å². The van der Waals surface area contributed by atoms with Gasteiger partial charge in [-0.3, -0.25) is 4.79 Å². The van der Waals surface area contributed by atoms with E-state index in [4.69, 9.17) is 4.74 Å². The summed E-state index contributed by atoms with van der Waals surface area (Å²) in [5.74, 6) is 1.22. The summed E-state index contributed by atoms with van der Waals surface area (Å²) in [5, 5.41) is 9.82. The molecule has 0 radical (unpaired) electrons. The third-order valence-electron chi connectivity index (χ3n) is 7.66. The topological polar surface area (TPSA) is 50.1 Å². The van der Waals surface area contributed by atoms with Crippen LogP contribution in [0.3, 0.4) is 0 Å². The number of carbonyl (C=O) groups excluding carboxylic acids is 1. The van der Waals surface area contributed by atoms with Crippen LogP contribution in [0.1, 0.15) is 69.3 Å². The van der Waals surface area contributed by atoms with Crippen LogP contribution in [0.5, 0.6) is 5.75 Å². The minimum atomic E-state index is -0.119. The van der Waals surface area contributed by atoms with E-state index in [0.29, 0.717) is 5.92 Å². The largest absolute Gasteiger partial charge is 0.497 e. The summed E-state index contributed by atoms with van der Waals surface area (Å²) in [7, 11) is 1.64. The lowest BCUT2D eigenvalue weighted by atomic mass is 9.44. The highest BCUT2D eigenvalue weighted by molar-refractivity contribution is 5.99. The van der Waals surface area contributed by atoms with Gasteiger partial charge in [-0.05, 0) is 72.6 Å². The van der Waals surface area contributed by atoms with E-state index in [-0.39, 0.29) is 34.4 Å². The zero-order chi connectivity index (χ0) is 20.0. The van der Waals surface area contributed by atoms with Crippen LogP contribution in [0, 0.1) is 52.8 Å². The van der Waals surface area contributed by atoms with Gasteiger partial charge < -0.3 is 4.74 Å². The zero-order valence-electron chi connectivity index (χ0n) is 17.6. The van der Waals surface area contributed by atoms with Crippen LogP contribution in [0.15, 0.2) is 18.2 Å². The molecule has 0 heterocycles. The maximum Gasteiger partial charge on any atom is 0.166 e. The van der Waals surface area contributed by atoms with Gasteiger partial charge in [-0.2, -0.15) is 5.26 Å². The Morgan fingerprint density at radius 2 is 1.93 bits per heavy atom. The highest BCUT2D eigenvalue weighted by atomic mass is 16.5. The second-order valence-electron chi connectivity index (χ2n) is 9.81.